The molecule has 0 aromatic carbocycles. The molecule has 1 amide bonds. The molecule has 1 aliphatic heterocycles. The molecular weight excluding hydrogens is 370 g/mol. The molecule has 0 aliphatic carbocycles. The van der Waals surface area contributed by atoms with E-state index in [1.165, 1.54) is 17.9 Å². The largest absolute Gasteiger partial charge is 0.480 e. The Kier molecular flexibility index (Phi) is 4.46. The fourth-order valence-electron chi connectivity index (χ4n) is 2.96. The lowest BCUT2D eigenvalue weighted by atomic mass is 10.2. The molecule has 1 fully saturated rings. The van der Waals surface area contributed by atoms with E-state index in [1.54, 1.807) is 36.5 Å². The van der Waals surface area contributed by atoms with Gasteiger partial charge in [-0.2, -0.15) is 5.10 Å². The molecule has 0 atom stereocenters. The predicted molar refractivity (Wildman–Crippen MR) is 94.4 cm³/mol. The van der Waals surface area contributed by atoms with Gasteiger partial charge in [-0.25, -0.2) is 13.5 Å². The number of halogens is 2. The van der Waals surface area contributed by atoms with Crippen LogP contribution in [0.15, 0.2) is 42.6 Å². The Bertz CT molecular complexity index is 991. The number of likely N-dealkylation sites (tertiary alicyclic amines) is 1. The van der Waals surface area contributed by atoms with Crippen molar-refractivity contribution in [2.45, 2.75) is 12.3 Å². The monoisotopic (exact) mass is 386 g/mol. The molecule has 0 radical (unpaired) electrons. The van der Waals surface area contributed by atoms with Crippen molar-refractivity contribution >= 4 is 5.91 Å². The zero-order chi connectivity index (χ0) is 19.7. The van der Waals surface area contributed by atoms with Crippen LogP contribution in [0, 0.1) is 0 Å². The van der Waals surface area contributed by atoms with Crippen molar-refractivity contribution in [2.75, 3.05) is 20.2 Å². The van der Waals surface area contributed by atoms with Crippen LogP contribution in [0.3, 0.4) is 0 Å². The Morgan fingerprint density at radius 2 is 2.07 bits per heavy atom. The minimum Gasteiger partial charge on any atom is -0.480 e. The molecule has 144 valence electrons. The van der Waals surface area contributed by atoms with Crippen LogP contribution < -0.4 is 4.74 Å². The summed E-state index contributed by atoms with van der Waals surface area (Å²) in [5, 5.41) is 12.3. The highest BCUT2D eigenvalue weighted by Gasteiger charge is 2.41. The maximum atomic E-state index is 13.5. The summed E-state index contributed by atoms with van der Waals surface area (Å²) in [6, 6.07) is 10.1. The summed E-state index contributed by atoms with van der Waals surface area (Å²) in [6.07, 6.45) is 1.26. The van der Waals surface area contributed by atoms with E-state index in [-0.39, 0.29) is 18.7 Å². The number of hydrogen-bond acceptors (Lipinski definition) is 6. The van der Waals surface area contributed by atoms with Crippen molar-refractivity contribution in [3.8, 4) is 23.1 Å². The number of amides is 1. The Labute approximate surface area is 158 Å². The maximum Gasteiger partial charge on any atom is 0.274 e. The molecule has 8 nitrogen and oxygen atoms in total. The van der Waals surface area contributed by atoms with Crippen molar-refractivity contribution in [1.29, 1.82) is 0 Å². The van der Waals surface area contributed by atoms with Gasteiger partial charge >= 0.3 is 0 Å². The van der Waals surface area contributed by atoms with Gasteiger partial charge in [0.25, 0.3) is 11.8 Å². The maximum absolute atomic E-state index is 13.5. The number of nitrogens with zero attached hydrogens (tertiary/aromatic N) is 6. The first-order valence-corrected chi connectivity index (χ1v) is 8.53. The number of rotatable bonds is 4. The summed E-state index contributed by atoms with van der Waals surface area (Å²) in [5.41, 5.74) is 1.09. The smallest absolute Gasteiger partial charge is 0.274 e. The fraction of sp³-hybridized carbons (Fsp3) is 0.278. The second-order valence-corrected chi connectivity index (χ2v) is 6.31. The number of pyridine rings is 1. The van der Waals surface area contributed by atoms with Crippen molar-refractivity contribution in [2.24, 2.45) is 0 Å². The zero-order valence-electron chi connectivity index (χ0n) is 14.9. The van der Waals surface area contributed by atoms with E-state index in [0.29, 0.717) is 23.1 Å². The lowest BCUT2D eigenvalue weighted by Crippen LogP contribution is -2.31. The van der Waals surface area contributed by atoms with Crippen molar-refractivity contribution in [1.82, 2.24) is 29.9 Å². The van der Waals surface area contributed by atoms with Gasteiger partial charge in [0.2, 0.25) is 5.88 Å². The van der Waals surface area contributed by atoms with Crippen LogP contribution in [0.2, 0.25) is 0 Å². The average molecular weight is 386 g/mol. The molecule has 28 heavy (non-hydrogen) atoms. The molecule has 1 aliphatic rings. The summed E-state index contributed by atoms with van der Waals surface area (Å²) >= 11 is 0. The lowest BCUT2D eigenvalue weighted by Gasteiger charge is -2.14. The summed E-state index contributed by atoms with van der Waals surface area (Å²) in [7, 11) is 1.47. The molecule has 0 saturated carbocycles. The first kappa shape index (κ1) is 18.0. The van der Waals surface area contributed by atoms with Gasteiger partial charge in [-0.3, -0.25) is 9.78 Å². The van der Waals surface area contributed by atoms with E-state index in [9.17, 15) is 13.6 Å². The molecule has 10 heteroatoms. The van der Waals surface area contributed by atoms with E-state index >= 15 is 0 Å². The fourth-order valence-corrected chi connectivity index (χ4v) is 2.96. The predicted octanol–water partition coefficient (Wildman–Crippen LogP) is 2.21. The number of hydrogen-bond donors (Lipinski definition) is 0. The molecule has 1 saturated heterocycles. The van der Waals surface area contributed by atoms with Gasteiger partial charge in [0.15, 0.2) is 11.5 Å². The van der Waals surface area contributed by atoms with Crippen molar-refractivity contribution in [3.05, 3.63) is 48.3 Å². The number of ether oxygens (including phenoxy) is 1. The Hall–Kier alpha value is -3.43. The SMILES string of the molecule is COc1ccc(-n2nc(C(=O)N3CCC(F)(F)C3)cc2-c2ccccn2)nn1. The standard InChI is InChI=1S/C18H16F2N6O2/c1-28-16-6-5-15(22-23-16)26-14(12-4-2-3-8-21-12)10-13(24-26)17(27)25-9-7-18(19,20)11-25/h2-6,8,10H,7,9,11H2,1H3. The topological polar surface area (TPSA) is 86.0 Å². The third-order valence-electron chi connectivity index (χ3n) is 4.36. The second kappa shape index (κ2) is 6.95. The second-order valence-electron chi connectivity index (χ2n) is 6.31. The van der Waals surface area contributed by atoms with E-state index in [4.69, 9.17) is 4.74 Å². The summed E-state index contributed by atoms with van der Waals surface area (Å²) in [6.45, 7) is -0.625. The van der Waals surface area contributed by atoms with Gasteiger partial charge in [0.1, 0.15) is 0 Å². The number of methoxy groups -OCH3 is 1. The van der Waals surface area contributed by atoms with Crippen LogP contribution in [-0.4, -0.2) is 61.9 Å². The van der Waals surface area contributed by atoms with Crippen LogP contribution in [0.5, 0.6) is 5.88 Å². The number of aromatic nitrogens is 5. The van der Waals surface area contributed by atoms with Crippen molar-refractivity contribution in [3.63, 3.8) is 0 Å². The molecule has 0 unspecified atom stereocenters. The van der Waals surface area contributed by atoms with Crippen molar-refractivity contribution < 1.29 is 18.3 Å². The van der Waals surface area contributed by atoms with Crippen LogP contribution >= 0.6 is 0 Å². The first-order valence-electron chi connectivity index (χ1n) is 8.53. The first-order chi connectivity index (χ1) is 13.5. The minimum atomic E-state index is -2.87. The summed E-state index contributed by atoms with van der Waals surface area (Å²) in [4.78, 5) is 18.1. The molecule has 0 spiro atoms. The molecule has 4 heterocycles. The molecule has 3 aromatic heterocycles. The molecule has 0 N–H and O–H groups in total. The number of carbonyl (C=O) groups excluding carboxylic acids is 1. The zero-order valence-corrected chi connectivity index (χ0v) is 14.9. The highest BCUT2D eigenvalue weighted by Crippen LogP contribution is 2.29. The van der Waals surface area contributed by atoms with Gasteiger partial charge in [0, 0.05) is 25.2 Å². The lowest BCUT2D eigenvalue weighted by molar-refractivity contribution is 0.0119. The van der Waals surface area contributed by atoms with Crippen LogP contribution in [-0.2, 0) is 0 Å². The van der Waals surface area contributed by atoms with Gasteiger partial charge in [-0.1, -0.05) is 6.07 Å². The van der Waals surface area contributed by atoms with Gasteiger partial charge in [0.05, 0.1) is 25.0 Å². The molecule has 4 rings (SSSR count). The number of carbonyl (C=O) groups is 1. The van der Waals surface area contributed by atoms with E-state index in [1.807, 2.05) is 0 Å². The molecule has 3 aromatic rings. The van der Waals surface area contributed by atoms with Gasteiger partial charge < -0.3 is 9.64 Å². The third kappa shape index (κ3) is 3.40. The highest BCUT2D eigenvalue weighted by atomic mass is 19.3. The Morgan fingerprint density at radius 3 is 2.68 bits per heavy atom. The quantitative estimate of drug-likeness (QED) is 0.683. The average Bonchev–Trinajstić information content (AvgIpc) is 3.32. The normalized spacial score (nSPS) is 15.6. The molecular formula is C18H16F2N6O2. The highest BCUT2D eigenvalue weighted by molar-refractivity contribution is 5.93. The Morgan fingerprint density at radius 1 is 1.21 bits per heavy atom. The number of alkyl halides is 2. The Balaban J connectivity index is 1.75. The van der Waals surface area contributed by atoms with Gasteiger partial charge in [-0.15, -0.1) is 10.2 Å². The van der Waals surface area contributed by atoms with Crippen LogP contribution in [0.1, 0.15) is 16.9 Å². The van der Waals surface area contributed by atoms with E-state index in [0.717, 1.165) is 4.90 Å². The third-order valence-corrected chi connectivity index (χ3v) is 4.36. The minimum absolute atomic E-state index is 0.0139. The molecule has 0 bridgehead atoms. The van der Waals surface area contributed by atoms with E-state index < -0.39 is 18.4 Å². The van der Waals surface area contributed by atoms with Crippen LogP contribution in [0.4, 0.5) is 8.78 Å². The summed E-state index contributed by atoms with van der Waals surface area (Å²) in [5.74, 6) is -2.77. The summed E-state index contributed by atoms with van der Waals surface area (Å²) < 4.78 is 33.4. The van der Waals surface area contributed by atoms with Gasteiger partial charge in [-0.05, 0) is 24.3 Å². The van der Waals surface area contributed by atoms with Crippen LogP contribution in [0.25, 0.3) is 17.2 Å². The van der Waals surface area contributed by atoms with E-state index in [2.05, 4.69) is 20.3 Å².